The van der Waals surface area contributed by atoms with E-state index in [1.807, 2.05) is 5.38 Å². The fourth-order valence-electron chi connectivity index (χ4n) is 1.53. The van der Waals surface area contributed by atoms with Crippen molar-refractivity contribution in [2.75, 3.05) is 26.3 Å². The number of nitrogens with one attached hydrogen (secondary N) is 2. The van der Waals surface area contributed by atoms with Gasteiger partial charge in [-0.05, 0) is 0 Å². The Balaban J connectivity index is 0.00000144. The van der Waals surface area contributed by atoms with Gasteiger partial charge in [-0.3, -0.25) is 4.79 Å². The molecule has 1 aliphatic rings. The van der Waals surface area contributed by atoms with Gasteiger partial charge < -0.3 is 15.4 Å². The van der Waals surface area contributed by atoms with Crippen molar-refractivity contribution in [3.63, 3.8) is 0 Å². The Kier molecular flexibility index (Phi) is 9.31. The summed E-state index contributed by atoms with van der Waals surface area (Å²) in [5.41, 5.74) is 2.83. The molecule has 1 saturated heterocycles. The number of amides is 1. The molecule has 1 unspecified atom stereocenters. The molecule has 8 heteroatoms. The van der Waals surface area contributed by atoms with Crippen LogP contribution in [0.2, 0.25) is 0 Å². The lowest BCUT2D eigenvalue weighted by molar-refractivity contribution is -0.125. The zero-order valence-corrected chi connectivity index (χ0v) is 12.2. The molecule has 1 aromatic heterocycles. The fourth-order valence-corrected chi connectivity index (χ4v) is 2.12. The summed E-state index contributed by atoms with van der Waals surface area (Å²) in [5, 5.41) is 7.98. The average molecular weight is 314 g/mol. The first-order chi connectivity index (χ1) is 7.86. The number of ether oxygens (including phenoxy) is 1. The monoisotopic (exact) mass is 313 g/mol. The lowest BCUT2D eigenvalue weighted by atomic mass is 10.2. The molecule has 2 heterocycles. The van der Waals surface area contributed by atoms with Crippen LogP contribution >= 0.6 is 36.2 Å². The summed E-state index contributed by atoms with van der Waals surface area (Å²) in [7, 11) is 0. The lowest BCUT2D eigenvalue weighted by Crippen LogP contribution is -2.51. The first-order valence-corrected chi connectivity index (χ1v) is 6.26. The van der Waals surface area contributed by atoms with E-state index in [-0.39, 0.29) is 36.8 Å². The molecule has 0 aromatic carbocycles. The summed E-state index contributed by atoms with van der Waals surface area (Å²) in [4.78, 5) is 15.8. The van der Waals surface area contributed by atoms with Crippen molar-refractivity contribution < 1.29 is 9.53 Å². The molecule has 18 heavy (non-hydrogen) atoms. The normalized spacial score (nSPS) is 18.3. The third kappa shape index (κ3) is 5.49. The van der Waals surface area contributed by atoms with Gasteiger partial charge in [0.25, 0.3) is 0 Å². The molecule has 0 saturated carbocycles. The standard InChI is InChI=1S/C10H15N3O2S.2ClH/c14-10(9-5-15-4-3-11-9)12-2-1-8-6-16-7-13-8;;/h6-7,9,11H,1-5H2,(H,12,14);2*1H. The van der Waals surface area contributed by atoms with E-state index in [4.69, 9.17) is 4.74 Å². The summed E-state index contributed by atoms with van der Waals surface area (Å²) >= 11 is 1.57. The fraction of sp³-hybridized carbons (Fsp3) is 0.600. The molecular weight excluding hydrogens is 297 g/mol. The zero-order chi connectivity index (χ0) is 11.2. The van der Waals surface area contributed by atoms with E-state index in [9.17, 15) is 4.79 Å². The smallest absolute Gasteiger partial charge is 0.239 e. The first kappa shape index (κ1) is 17.6. The summed E-state index contributed by atoms with van der Waals surface area (Å²) in [5.74, 6) is 0.00919. The number of morpholine rings is 1. The van der Waals surface area contributed by atoms with E-state index in [1.54, 1.807) is 16.8 Å². The molecule has 2 rings (SSSR count). The molecule has 1 amide bonds. The van der Waals surface area contributed by atoms with E-state index >= 15 is 0 Å². The highest BCUT2D eigenvalue weighted by atomic mass is 35.5. The van der Waals surface area contributed by atoms with Gasteiger partial charge in [-0.1, -0.05) is 0 Å². The molecule has 0 spiro atoms. The minimum absolute atomic E-state index is 0. The molecule has 2 N–H and O–H groups in total. The van der Waals surface area contributed by atoms with Gasteiger partial charge in [-0.25, -0.2) is 4.98 Å². The Hall–Kier alpha value is -0.400. The molecule has 1 atom stereocenters. The quantitative estimate of drug-likeness (QED) is 0.856. The number of halogens is 2. The number of carbonyl (C=O) groups is 1. The van der Waals surface area contributed by atoms with E-state index < -0.39 is 0 Å². The van der Waals surface area contributed by atoms with Gasteiger partial charge in [0.05, 0.1) is 24.4 Å². The molecule has 0 radical (unpaired) electrons. The van der Waals surface area contributed by atoms with E-state index in [1.165, 1.54) is 0 Å². The molecule has 1 fully saturated rings. The van der Waals surface area contributed by atoms with E-state index in [2.05, 4.69) is 15.6 Å². The van der Waals surface area contributed by atoms with Crippen molar-refractivity contribution in [3.05, 3.63) is 16.6 Å². The van der Waals surface area contributed by atoms with Crippen LogP contribution in [0.25, 0.3) is 0 Å². The van der Waals surface area contributed by atoms with Crippen LogP contribution in [0.5, 0.6) is 0 Å². The predicted molar refractivity (Wildman–Crippen MR) is 75.9 cm³/mol. The van der Waals surface area contributed by atoms with Crippen molar-refractivity contribution in [1.82, 2.24) is 15.6 Å². The van der Waals surface area contributed by atoms with Crippen LogP contribution in [0.4, 0.5) is 0 Å². The Morgan fingerprint density at radius 2 is 2.44 bits per heavy atom. The summed E-state index contributed by atoms with van der Waals surface area (Å²) in [6, 6.07) is -0.204. The van der Waals surface area contributed by atoms with Crippen molar-refractivity contribution in [2.45, 2.75) is 12.5 Å². The Morgan fingerprint density at radius 3 is 3.06 bits per heavy atom. The highest BCUT2D eigenvalue weighted by Gasteiger charge is 2.20. The van der Waals surface area contributed by atoms with Crippen LogP contribution in [0.1, 0.15) is 5.69 Å². The number of nitrogens with zero attached hydrogens (tertiary/aromatic N) is 1. The van der Waals surface area contributed by atoms with Crippen LogP contribution in [-0.4, -0.2) is 43.2 Å². The van der Waals surface area contributed by atoms with Crippen LogP contribution in [0, 0.1) is 0 Å². The van der Waals surface area contributed by atoms with Gasteiger partial charge in [0, 0.05) is 24.9 Å². The predicted octanol–water partition coefficient (Wildman–Crippen LogP) is 0.634. The van der Waals surface area contributed by atoms with Crippen LogP contribution < -0.4 is 10.6 Å². The van der Waals surface area contributed by atoms with Gasteiger partial charge in [-0.15, -0.1) is 36.2 Å². The van der Waals surface area contributed by atoms with Crippen LogP contribution in [0.15, 0.2) is 10.9 Å². The molecule has 1 aromatic rings. The summed E-state index contributed by atoms with van der Waals surface area (Å²) in [6.07, 6.45) is 0.781. The van der Waals surface area contributed by atoms with Crippen molar-refractivity contribution in [1.29, 1.82) is 0 Å². The van der Waals surface area contributed by atoms with Gasteiger partial charge >= 0.3 is 0 Å². The topological polar surface area (TPSA) is 63.2 Å². The minimum Gasteiger partial charge on any atom is -0.378 e. The minimum atomic E-state index is -0.204. The van der Waals surface area contributed by atoms with Crippen molar-refractivity contribution in [2.24, 2.45) is 0 Å². The zero-order valence-electron chi connectivity index (χ0n) is 9.76. The highest BCUT2D eigenvalue weighted by molar-refractivity contribution is 7.07. The maximum Gasteiger partial charge on any atom is 0.239 e. The van der Waals surface area contributed by atoms with Gasteiger partial charge in [0.2, 0.25) is 5.91 Å². The number of carbonyl (C=O) groups excluding carboxylic acids is 1. The Labute approximate surface area is 123 Å². The average Bonchev–Trinajstić information content (AvgIpc) is 2.83. The molecule has 104 valence electrons. The molecule has 1 aliphatic heterocycles. The van der Waals surface area contributed by atoms with Gasteiger partial charge in [-0.2, -0.15) is 0 Å². The summed E-state index contributed by atoms with van der Waals surface area (Å²) in [6.45, 7) is 2.51. The number of rotatable bonds is 4. The van der Waals surface area contributed by atoms with Crippen molar-refractivity contribution >= 4 is 42.1 Å². The number of thiazole rings is 1. The second-order valence-corrected chi connectivity index (χ2v) is 4.32. The maximum absolute atomic E-state index is 11.7. The Morgan fingerprint density at radius 1 is 1.61 bits per heavy atom. The highest BCUT2D eigenvalue weighted by Crippen LogP contribution is 2.00. The van der Waals surface area contributed by atoms with Gasteiger partial charge in [0.15, 0.2) is 0 Å². The Bertz CT molecular complexity index is 332. The first-order valence-electron chi connectivity index (χ1n) is 5.32. The molecule has 0 aliphatic carbocycles. The van der Waals surface area contributed by atoms with Crippen LogP contribution in [0.3, 0.4) is 0 Å². The SMILES string of the molecule is Cl.Cl.O=C(NCCc1cscn1)C1COCCN1. The third-order valence-electron chi connectivity index (χ3n) is 2.40. The third-order valence-corrected chi connectivity index (χ3v) is 3.04. The maximum atomic E-state index is 11.7. The molecular formula is C10H17Cl2N3O2S. The number of aromatic nitrogens is 1. The van der Waals surface area contributed by atoms with Gasteiger partial charge in [0.1, 0.15) is 6.04 Å². The molecule has 0 bridgehead atoms. The molecule has 5 nitrogen and oxygen atoms in total. The van der Waals surface area contributed by atoms with Crippen LogP contribution in [-0.2, 0) is 16.0 Å². The summed E-state index contributed by atoms with van der Waals surface area (Å²) < 4.78 is 5.22. The van der Waals surface area contributed by atoms with E-state index in [0.29, 0.717) is 19.8 Å². The second-order valence-electron chi connectivity index (χ2n) is 3.60. The van der Waals surface area contributed by atoms with Crippen molar-refractivity contribution in [3.8, 4) is 0 Å². The second kappa shape index (κ2) is 9.52. The van der Waals surface area contributed by atoms with E-state index in [0.717, 1.165) is 18.7 Å². The number of hydrogen-bond donors (Lipinski definition) is 2. The largest absolute Gasteiger partial charge is 0.378 e. The number of hydrogen-bond acceptors (Lipinski definition) is 5. The lowest BCUT2D eigenvalue weighted by Gasteiger charge is -2.22.